The summed E-state index contributed by atoms with van der Waals surface area (Å²) in [5, 5.41) is 8.89. The van der Waals surface area contributed by atoms with Gasteiger partial charge in [0.1, 0.15) is 5.75 Å². The first-order chi connectivity index (χ1) is 9.70. The van der Waals surface area contributed by atoms with Crippen LogP contribution < -0.4 is 4.74 Å². The molecular weight excluding hydrogens is 264 g/mol. The van der Waals surface area contributed by atoms with Crippen LogP contribution in [0.25, 0.3) is 5.57 Å². The molecule has 1 rings (SSSR count). The number of rotatable bonds is 5. The zero-order valence-electron chi connectivity index (χ0n) is 13.9. The van der Waals surface area contributed by atoms with E-state index in [2.05, 4.69) is 39.8 Å². The molecule has 0 aliphatic heterocycles. The average Bonchev–Trinajstić information content (AvgIpc) is 2.37. The lowest BCUT2D eigenvalue weighted by molar-refractivity contribution is -0.135. The van der Waals surface area contributed by atoms with Crippen molar-refractivity contribution in [3.05, 3.63) is 34.9 Å². The van der Waals surface area contributed by atoms with Gasteiger partial charge in [-0.05, 0) is 36.0 Å². The Hall–Kier alpha value is -1.77. The lowest BCUT2D eigenvalue weighted by Gasteiger charge is -2.25. The smallest absolute Gasteiger partial charge is 0.307 e. The number of benzene rings is 1. The second kappa shape index (κ2) is 6.79. The number of hydrogen-bond donors (Lipinski definition) is 1. The number of aryl methyl sites for hydroxylation is 1. The zero-order valence-corrected chi connectivity index (χ0v) is 13.9. The van der Waals surface area contributed by atoms with Crippen molar-refractivity contribution in [2.75, 3.05) is 7.11 Å². The molecule has 0 radical (unpaired) electrons. The largest absolute Gasteiger partial charge is 0.496 e. The van der Waals surface area contributed by atoms with Crippen molar-refractivity contribution in [2.45, 2.75) is 52.9 Å². The molecule has 0 aliphatic carbocycles. The Labute approximate surface area is 127 Å². The molecule has 3 heteroatoms. The maximum absolute atomic E-state index is 10.8. The summed E-state index contributed by atoms with van der Waals surface area (Å²) in [5.74, 6) is 0.0372. The molecule has 0 unspecified atom stereocenters. The number of carbonyl (C=O) groups is 1. The highest BCUT2D eigenvalue weighted by molar-refractivity contribution is 5.77. The van der Waals surface area contributed by atoms with Gasteiger partial charge in [0, 0.05) is 11.1 Å². The summed E-state index contributed by atoms with van der Waals surface area (Å²) in [7, 11) is 1.67. The normalized spacial score (nSPS) is 12.4. The molecule has 0 fully saturated rings. The van der Waals surface area contributed by atoms with Crippen LogP contribution in [0.3, 0.4) is 0 Å². The fourth-order valence-corrected chi connectivity index (χ4v) is 2.44. The molecule has 0 saturated heterocycles. The molecule has 0 heterocycles. The molecule has 1 aromatic rings. The number of hydrogen-bond acceptors (Lipinski definition) is 2. The zero-order chi connectivity index (χ0) is 16.2. The van der Waals surface area contributed by atoms with Crippen LogP contribution in [0.15, 0.2) is 18.2 Å². The second-order valence-corrected chi connectivity index (χ2v) is 6.32. The quantitative estimate of drug-likeness (QED) is 0.864. The fourth-order valence-electron chi connectivity index (χ4n) is 2.44. The van der Waals surface area contributed by atoms with E-state index in [4.69, 9.17) is 9.84 Å². The molecule has 0 amide bonds. The lowest BCUT2D eigenvalue weighted by Crippen LogP contribution is -2.14. The molecule has 0 bridgehead atoms. The summed E-state index contributed by atoms with van der Waals surface area (Å²) < 4.78 is 5.66. The van der Waals surface area contributed by atoms with Gasteiger partial charge in [0.15, 0.2) is 0 Å². The van der Waals surface area contributed by atoms with Crippen molar-refractivity contribution < 1.29 is 14.6 Å². The van der Waals surface area contributed by atoms with Crippen LogP contribution in [0.2, 0.25) is 0 Å². The van der Waals surface area contributed by atoms with Gasteiger partial charge in [-0.3, -0.25) is 4.79 Å². The van der Waals surface area contributed by atoms with Crippen LogP contribution in [0, 0.1) is 6.92 Å². The predicted octanol–water partition coefficient (Wildman–Crippen LogP) is 4.57. The van der Waals surface area contributed by atoms with Crippen molar-refractivity contribution in [1.82, 2.24) is 0 Å². The summed E-state index contributed by atoms with van der Waals surface area (Å²) in [6.07, 6.45) is 2.59. The second-order valence-electron chi connectivity index (χ2n) is 6.32. The summed E-state index contributed by atoms with van der Waals surface area (Å²) in [6.45, 7) is 10.6. The van der Waals surface area contributed by atoms with E-state index in [1.807, 2.05) is 6.92 Å². The van der Waals surface area contributed by atoms with Crippen molar-refractivity contribution in [1.29, 1.82) is 0 Å². The van der Waals surface area contributed by atoms with Crippen molar-refractivity contribution in [2.24, 2.45) is 0 Å². The summed E-state index contributed by atoms with van der Waals surface area (Å²) >= 11 is 0. The van der Waals surface area contributed by atoms with Gasteiger partial charge in [-0.15, -0.1) is 0 Å². The van der Waals surface area contributed by atoms with Crippen LogP contribution in [-0.4, -0.2) is 18.2 Å². The van der Waals surface area contributed by atoms with Crippen molar-refractivity contribution in [3.63, 3.8) is 0 Å². The van der Waals surface area contributed by atoms with E-state index in [0.717, 1.165) is 34.4 Å². The first-order valence-corrected chi connectivity index (χ1v) is 7.31. The van der Waals surface area contributed by atoms with E-state index in [1.165, 1.54) is 0 Å². The number of aliphatic carboxylic acids is 1. The third-order valence-corrected chi connectivity index (χ3v) is 3.50. The Morgan fingerprint density at radius 2 is 1.95 bits per heavy atom. The standard InChI is InChI=1S/C18H26O3/c1-7-13(8-9-16(19)20)14-10-12(2)11-15(17(14)21-6)18(3,4)5/h8,10-11H,7,9H2,1-6H3,(H,19,20)/b13-8+. The minimum atomic E-state index is -0.816. The van der Waals surface area contributed by atoms with Crippen LogP contribution >= 0.6 is 0 Å². The number of methoxy groups -OCH3 is 1. The minimum absolute atomic E-state index is 0.0300. The number of carboxylic acid groups (broad SMARTS) is 1. The summed E-state index contributed by atoms with van der Waals surface area (Å²) in [6, 6.07) is 4.22. The maximum atomic E-state index is 10.8. The van der Waals surface area contributed by atoms with E-state index in [1.54, 1.807) is 13.2 Å². The molecular formula is C18H26O3. The van der Waals surface area contributed by atoms with Crippen LogP contribution in [-0.2, 0) is 10.2 Å². The van der Waals surface area contributed by atoms with Crippen molar-refractivity contribution >= 4 is 11.5 Å². The summed E-state index contributed by atoms with van der Waals surface area (Å²) in [4.78, 5) is 10.8. The number of carboxylic acids is 1. The molecule has 0 aromatic heterocycles. The van der Waals surface area contributed by atoms with Gasteiger partial charge < -0.3 is 9.84 Å². The number of ether oxygens (including phenoxy) is 1. The molecule has 0 saturated carbocycles. The van der Waals surface area contributed by atoms with Crippen LogP contribution in [0.5, 0.6) is 5.75 Å². The first kappa shape index (κ1) is 17.3. The van der Waals surface area contributed by atoms with Gasteiger partial charge in [0.2, 0.25) is 0 Å². The maximum Gasteiger partial charge on any atom is 0.307 e. The van der Waals surface area contributed by atoms with Crippen molar-refractivity contribution in [3.8, 4) is 5.75 Å². The third-order valence-electron chi connectivity index (χ3n) is 3.50. The Morgan fingerprint density at radius 1 is 1.33 bits per heavy atom. The van der Waals surface area contributed by atoms with E-state index in [9.17, 15) is 4.79 Å². The van der Waals surface area contributed by atoms with Gasteiger partial charge in [0.25, 0.3) is 0 Å². The Balaban J connectivity index is 3.50. The number of allylic oxidation sites excluding steroid dienone is 1. The van der Waals surface area contributed by atoms with E-state index >= 15 is 0 Å². The molecule has 3 nitrogen and oxygen atoms in total. The highest BCUT2D eigenvalue weighted by Crippen LogP contribution is 2.39. The van der Waals surface area contributed by atoms with Crippen LogP contribution in [0.4, 0.5) is 0 Å². The highest BCUT2D eigenvalue weighted by Gasteiger charge is 2.22. The molecule has 1 N–H and O–H groups in total. The van der Waals surface area contributed by atoms with Gasteiger partial charge in [-0.1, -0.05) is 39.8 Å². The molecule has 0 spiro atoms. The SMILES string of the molecule is CC/C(=C\CC(=O)O)c1cc(C)cc(C(C)(C)C)c1OC. The first-order valence-electron chi connectivity index (χ1n) is 7.31. The van der Waals surface area contributed by atoms with E-state index in [0.29, 0.717) is 0 Å². The molecule has 0 atom stereocenters. The van der Waals surface area contributed by atoms with E-state index < -0.39 is 5.97 Å². The Kier molecular flexibility index (Phi) is 5.59. The third kappa shape index (κ3) is 4.35. The Bertz CT molecular complexity index is 548. The van der Waals surface area contributed by atoms with Gasteiger partial charge in [0.05, 0.1) is 13.5 Å². The minimum Gasteiger partial charge on any atom is -0.496 e. The predicted molar refractivity (Wildman–Crippen MR) is 87.0 cm³/mol. The Morgan fingerprint density at radius 3 is 2.38 bits per heavy atom. The topological polar surface area (TPSA) is 46.5 Å². The van der Waals surface area contributed by atoms with E-state index in [-0.39, 0.29) is 11.8 Å². The lowest BCUT2D eigenvalue weighted by atomic mass is 9.82. The molecule has 0 aliphatic rings. The molecule has 1 aromatic carbocycles. The summed E-state index contributed by atoms with van der Waals surface area (Å²) in [5.41, 5.74) is 4.30. The molecule has 116 valence electrons. The fraction of sp³-hybridized carbons (Fsp3) is 0.500. The average molecular weight is 290 g/mol. The van der Waals surface area contributed by atoms with Gasteiger partial charge in [-0.25, -0.2) is 0 Å². The monoisotopic (exact) mass is 290 g/mol. The van der Waals surface area contributed by atoms with Gasteiger partial charge in [-0.2, -0.15) is 0 Å². The molecule has 21 heavy (non-hydrogen) atoms. The highest BCUT2D eigenvalue weighted by atomic mass is 16.5. The van der Waals surface area contributed by atoms with Gasteiger partial charge >= 0.3 is 5.97 Å². The van der Waals surface area contributed by atoms with Crippen LogP contribution in [0.1, 0.15) is 57.2 Å².